The van der Waals surface area contributed by atoms with Crippen molar-refractivity contribution >= 4 is 50.1 Å². The maximum atomic E-state index is 5.81. The molecule has 2 N–H and O–H groups in total. The highest BCUT2D eigenvalue weighted by atomic mass is 127. The van der Waals surface area contributed by atoms with E-state index in [1.807, 2.05) is 12.1 Å². The van der Waals surface area contributed by atoms with Gasteiger partial charge in [-0.05, 0) is 56.2 Å². The zero-order valence-corrected chi connectivity index (χ0v) is 10.1. The van der Waals surface area contributed by atoms with E-state index >= 15 is 0 Å². The molecule has 0 aliphatic carbocycles. The van der Waals surface area contributed by atoms with E-state index in [0.29, 0.717) is 6.54 Å². The van der Waals surface area contributed by atoms with Gasteiger partial charge in [0, 0.05) is 19.6 Å². The Labute approximate surface area is 92.6 Å². The van der Waals surface area contributed by atoms with Gasteiger partial charge in [-0.25, -0.2) is 0 Å². The van der Waals surface area contributed by atoms with E-state index in [4.69, 9.17) is 17.3 Å². The van der Waals surface area contributed by atoms with E-state index in [0.717, 1.165) is 18.6 Å². The molecular formula is C7H6BrClIN. The highest BCUT2D eigenvalue weighted by Gasteiger charge is 2.03. The lowest BCUT2D eigenvalue weighted by Gasteiger charge is -2.03. The van der Waals surface area contributed by atoms with Gasteiger partial charge in [-0.2, -0.15) is 0 Å². The van der Waals surface area contributed by atoms with Crippen molar-refractivity contribution in [3.05, 3.63) is 30.8 Å². The summed E-state index contributed by atoms with van der Waals surface area (Å²) < 4.78 is 2.14. The summed E-state index contributed by atoms with van der Waals surface area (Å²) in [7, 11) is 0. The number of nitrogens with two attached hydrogens (primary N) is 1. The van der Waals surface area contributed by atoms with Gasteiger partial charge < -0.3 is 5.73 Å². The molecule has 0 spiro atoms. The largest absolute Gasteiger partial charge is 0.326 e. The Balaban J connectivity index is 3.24. The van der Waals surface area contributed by atoms with E-state index < -0.39 is 0 Å². The van der Waals surface area contributed by atoms with Crippen LogP contribution in [0.25, 0.3) is 0 Å². The lowest BCUT2D eigenvalue weighted by atomic mass is 10.2. The molecule has 0 saturated heterocycles. The van der Waals surface area contributed by atoms with Gasteiger partial charge in [0.15, 0.2) is 0 Å². The van der Waals surface area contributed by atoms with Gasteiger partial charge in [-0.1, -0.05) is 11.6 Å². The second-order valence-corrected chi connectivity index (χ2v) is 4.43. The molecule has 0 aromatic heterocycles. The summed E-state index contributed by atoms with van der Waals surface area (Å²) >= 11 is 11.4. The fraction of sp³-hybridized carbons (Fsp3) is 0.143. The van der Waals surface area contributed by atoms with E-state index in [-0.39, 0.29) is 0 Å². The topological polar surface area (TPSA) is 26.0 Å². The third-order valence-electron chi connectivity index (χ3n) is 1.29. The van der Waals surface area contributed by atoms with Crippen LogP contribution in [0.3, 0.4) is 0 Å². The van der Waals surface area contributed by atoms with Gasteiger partial charge in [0.2, 0.25) is 0 Å². The smallest absolute Gasteiger partial charge is 0.0421 e. The number of halogens is 3. The Morgan fingerprint density at radius 2 is 2.18 bits per heavy atom. The van der Waals surface area contributed by atoms with Crippen molar-refractivity contribution in [2.24, 2.45) is 5.73 Å². The fourth-order valence-corrected chi connectivity index (χ4v) is 2.16. The summed E-state index contributed by atoms with van der Waals surface area (Å²) in [6.07, 6.45) is 0. The average Bonchev–Trinajstić information content (AvgIpc) is 1.96. The molecule has 60 valence electrons. The van der Waals surface area contributed by atoms with Crippen LogP contribution >= 0.6 is 50.1 Å². The molecule has 1 rings (SSSR count). The highest BCUT2D eigenvalue weighted by molar-refractivity contribution is 14.1. The molecule has 11 heavy (non-hydrogen) atoms. The first-order valence-electron chi connectivity index (χ1n) is 2.98. The van der Waals surface area contributed by atoms with E-state index in [9.17, 15) is 0 Å². The summed E-state index contributed by atoms with van der Waals surface area (Å²) in [4.78, 5) is 0. The maximum absolute atomic E-state index is 5.81. The number of benzene rings is 1. The minimum absolute atomic E-state index is 0.525. The molecule has 0 bridgehead atoms. The van der Waals surface area contributed by atoms with Gasteiger partial charge in [-0.3, -0.25) is 0 Å². The molecule has 1 aromatic carbocycles. The molecule has 0 saturated carbocycles. The van der Waals surface area contributed by atoms with Crippen molar-refractivity contribution < 1.29 is 0 Å². The monoisotopic (exact) mass is 345 g/mol. The van der Waals surface area contributed by atoms with Gasteiger partial charge in [0.25, 0.3) is 0 Å². The lowest BCUT2D eigenvalue weighted by Crippen LogP contribution is -1.99. The van der Waals surface area contributed by atoms with E-state index in [1.54, 1.807) is 0 Å². The quantitative estimate of drug-likeness (QED) is 0.613. The molecule has 0 fully saturated rings. The van der Waals surface area contributed by atoms with Gasteiger partial charge in [-0.15, -0.1) is 0 Å². The first kappa shape index (κ1) is 9.77. The second kappa shape index (κ2) is 4.07. The predicted molar refractivity (Wildman–Crippen MR) is 59.8 cm³/mol. The molecule has 0 amide bonds. The molecule has 0 radical (unpaired) electrons. The van der Waals surface area contributed by atoms with Gasteiger partial charge >= 0.3 is 0 Å². The SMILES string of the molecule is NCc1cc(Cl)cc(Br)c1I. The maximum Gasteiger partial charge on any atom is 0.0421 e. The van der Waals surface area contributed by atoms with Crippen molar-refractivity contribution in [1.29, 1.82) is 0 Å². The van der Waals surface area contributed by atoms with Crippen LogP contribution in [0.15, 0.2) is 16.6 Å². The molecule has 1 aromatic rings. The zero-order chi connectivity index (χ0) is 8.43. The Kier molecular flexibility index (Phi) is 3.61. The van der Waals surface area contributed by atoms with Crippen molar-refractivity contribution in [1.82, 2.24) is 0 Å². The Bertz CT molecular complexity index is 277. The summed E-state index contributed by atoms with van der Waals surface area (Å²) in [5.41, 5.74) is 6.58. The van der Waals surface area contributed by atoms with Crippen LogP contribution in [0.2, 0.25) is 5.02 Å². The summed E-state index contributed by atoms with van der Waals surface area (Å²) in [5.74, 6) is 0. The predicted octanol–water partition coefficient (Wildman–Crippen LogP) is 3.17. The standard InChI is InChI=1S/C7H6BrClIN/c8-6-2-5(9)1-4(3-11)7(6)10/h1-2H,3,11H2. The van der Waals surface area contributed by atoms with Crippen LogP contribution in [0.5, 0.6) is 0 Å². The number of hydrogen-bond acceptors (Lipinski definition) is 1. The summed E-state index contributed by atoms with van der Waals surface area (Å²) in [6.45, 7) is 0.525. The third-order valence-corrected chi connectivity index (χ3v) is 4.15. The lowest BCUT2D eigenvalue weighted by molar-refractivity contribution is 1.06. The Hall–Kier alpha value is 0.680. The van der Waals surface area contributed by atoms with Crippen molar-refractivity contribution in [3.8, 4) is 0 Å². The van der Waals surface area contributed by atoms with Crippen LogP contribution in [-0.4, -0.2) is 0 Å². The first-order valence-corrected chi connectivity index (χ1v) is 5.23. The Morgan fingerprint density at radius 1 is 1.55 bits per heavy atom. The average molecular weight is 346 g/mol. The summed E-state index contributed by atoms with van der Waals surface area (Å²) in [5, 5.41) is 0.720. The highest BCUT2D eigenvalue weighted by Crippen LogP contribution is 2.26. The van der Waals surface area contributed by atoms with Crippen LogP contribution in [0.4, 0.5) is 0 Å². The zero-order valence-electron chi connectivity index (χ0n) is 5.57. The number of rotatable bonds is 1. The minimum atomic E-state index is 0.525. The molecule has 0 aliphatic rings. The van der Waals surface area contributed by atoms with Crippen LogP contribution in [-0.2, 0) is 6.54 Å². The van der Waals surface area contributed by atoms with Crippen LogP contribution < -0.4 is 5.73 Å². The molecular weight excluding hydrogens is 340 g/mol. The fourth-order valence-electron chi connectivity index (χ4n) is 0.758. The molecule has 0 aliphatic heterocycles. The van der Waals surface area contributed by atoms with E-state index in [2.05, 4.69) is 38.5 Å². The third kappa shape index (κ3) is 2.31. The van der Waals surface area contributed by atoms with Crippen molar-refractivity contribution in [2.45, 2.75) is 6.54 Å². The molecule has 1 nitrogen and oxygen atoms in total. The molecule has 0 unspecified atom stereocenters. The number of hydrogen-bond donors (Lipinski definition) is 1. The molecule has 0 atom stereocenters. The van der Waals surface area contributed by atoms with Gasteiger partial charge in [0.05, 0.1) is 0 Å². The minimum Gasteiger partial charge on any atom is -0.326 e. The Morgan fingerprint density at radius 3 is 2.73 bits per heavy atom. The van der Waals surface area contributed by atoms with E-state index in [1.165, 1.54) is 0 Å². The molecule has 4 heteroatoms. The van der Waals surface area contributed by atoms with Crippen molar-refractivity contribution in [3.63, 3.8) is 0 Å². The van der Waals surface area contributed by atoms with Gasteiger partial charge in [0.1, 0.15) is 0 Å². The first-order chi connectivity index (χ1) is 5.15. The van der Waals surface area contributed by atoms with Crippen LogP contribution in [0.1, 0.15) is 5.56 Å². The molecule has 0 heterocycles. The second-order valence-electron chi connectivity index (χ2n) is 2.06. The summed E-state index contributed by atoms with van der Waals surface area (Å²) in [6, 6.07) is 3.75. The van der Waals surface area contributed by atoms with Crippen molar-refractivity contribution in [2.75, 3.05) is 0 Å². The normalized spacial score (nSPS) is 10.2. The van der Waals surface area contributed by atoms with Crippen LogP contribution in [0, 0.1) is 3.57 Å².